The second-order valence-electron chi connectivity index (χ2n) is 6.70. The molecule has 29 heavy (non-hydrogen) atoms. The fraction of sp³-hybridized carbons (Fsp3) is 0.0455. The molecule has 0 aliphatic heterocycles. The number of thiophene rings is 1. The van der Waals surface area contributed by atoms with E-state index in [1.807, 2.05) is 42.5 Å². The van der Waals surface area contributed by atoms with Gasteiger partial charge in [-0.05, 0) is 17.7 Å². The number of nitrogens with zero attached hydrogens (tertiary/aromatic N) is 1. The minimum atomic E-state index is -0.613. The third kappa shape index (κ3) is 2.37. The van der Waals surface area contributed by atoms with Crippen LogP contribution >= 0.6 is 11.3 Å². The molecule has 0 atom stereocenters. The van der Waals surface area contributed by atoms with Crippen molar-refractivity contribution in [2.24, 2.45) is 5.73 Å². The molecule has 0 bridgehead atoms. The summed E-state index contributed by atoms with van der Waals surface area (Å²) in [5.41, 5.74) is 16.0. The zero-order valence-electron chi connectivity index (χ0n) is 15.4. The molecule has 0 fully saturated rings. The lowest BCUT2D eigenvalue weighted by Gasteiger charge is -2.11. The Hall–Kier alpha value is -3.71. The van der Waals surface area contributed by atoms with Gasteiger partial charge in [-0.1, -0.05) is 36.4 Å². The van der Waals surface area contributed by atoms with Gasteiger partial charge in [-0.25, -0.2) is 4.98 Å². The number of ether oxygens (including phenoxy) is 1. The van der Waals surface area contributed by atoms with Crippen molar-refractivity contribution in [3.63, 3.8) is 0 Å². The van der Waals surface area contributed by atoms with Crippen molar-refractivity contribution in [3.05, 3.63) is 64.5 Å². The Morgan fingerprint density at radius 1 is 1.03 bits per heavy atom. The first-order valence-electron chi connectivity index (χ1n) is 8.85. The summed E-state index contributed by atoms with van der Waals surface area (Å²) in [5, 5.41) is 0.578. The van der Waals surface area contributed by atoms with E-state index in [1.165, 1.54) is 0 Å². The first-order chi connectivity index (χ1) is 14.0. The predicted octanol–water partition coefficient (Wildman–Crippen LogP) is 3.86. The van der Waals surface area contributed by atoms with E-state index in [-0.39, 0.29) is 16.3 Å². The zero-order valence-corrected chi connectivity index (χ0v) is 16.2. The maximum Gasteiger partial charge on any atom is 0.260 e. The predicted molar refractivity (Wildman–Crippen MR) is 113 cm³/mol. The first-order valence-corrected chi connectivity index (χ1v) is 9.67. The normalized spacial score (nSPS) is 12.1. The Kier molecular flexibility index (Phi) is 3.69. The number of hydrogen-bond acceptors (Lipinski definition) is 6. The number of amides is 1. The van der Waals surface area contributed by atoms with Gasteiger partial charge < -0.3 is 16.2 Å². The number of hydrogen-bond donors (Lipinski definition) is 2. The third-order valence-corrected chi connectivity index (χ3v) is 6.25. The van der Waals surface area contributed by atoms with Crippen LogP contribution in [-0.2, 0) is 0 Å². The molecule has 4 aromatic rings. The Labute approximate surface area is 169 Å². The van der Waals surface area contributed by atoms with Gasteiger partial charge in [0, 0.05) is 22.1 Å². The number of rotatable bonds is 3. The standard InChI is InChI=1S/C22H15N3O3S/c1-28-11-8-6-10(7-9-11)14-15-17(23)20(21(24)27)29-22(15)25-18-12-4-2-3-5-13(12)19(26)16(14)18/h2-9H,23H2,1H3,(H2,24,27). The van der Waals surface area contributed by atoms with Gasteiger partial charge in [0.2, 0.25) is 0 Å². The average molecular weight is 401 g/mol. The maximum atomic E-state index is 13.3. The number of methoxy groups -OCH3 is 1. The van der Waals surface area contributed by atoms with Gasteiger partial charge in [0.25, 0.3) is 5.91 Å². The fourth-order valence-corrected chi connectivity index (χ4v) is 4.78. The number of carbonyl (C=O) groups excluding carboxylic acids is 2. The molecular formula is C22H15N3O3S. The van der Waals surface area contributed by atoms with E-state index in [0.29, 0.717) is 38.4 Å². The average Bonchev–Trinajstić information content (AvgIpc) is 3.22. The van der Waals surface area contributed by atoms with Crippen LogP contribution in [0.2, 0.25) is 0 Å². The molecule has 142 valence electrons. The summed E-state index contributed by atoms with van der Waals surface area (Å²) in [4.78, 5) is 30.7. The van der Waals surface area contributed by atoms with Crippen molar-refractivity contribution in [1.82, 2.24) is 4.98 Å². The molecule has 0 saturated heterocycles. The summed E-state index contributed by atoms with van der Waals surface area (Å²) < 4.78 is 5.25. The summed E-state index contributed by atoms with van der Waals surface area (Å²) >= 11 is 1.14. The number of pyridine rings is 1. The number of primary amides is 1. The highest BCUT2D eigenvalue weighted by atomic mass is 32.1. The van der Waals surface area contributed by atoms with Gasteiger partial charge in [0.15, 0.2) is 5.78 Å². The molecule has 5 rings (SSSR count). The van der Waals surface area contributed by atoms with Gasteiger partial charge in [-0.15, -0.1) is 11.3 Å². The molecule has 1 aliphatic rings. The third-order valence-electron chi connectivity index (χ3n) is 5.13. The quantitative estimate of drug-likeness (QED) is 0.477. The van der Waals surface area contributed by atoms with Crippen LogP contribution in [0.5, 0.6) is 5.75 Å². The highest BCUT2D eigenvalue weighted by molar-refractivity contribution is 7.21. The molecule has 1 aliphatic carbocycles. The lowest BCUT2D eigenvalue weighted by Crippen LogP contribution is -2.10. The van der Waals surface area contributed by atoms with Crippen LogP contribution in [0.3, 0.4) is 0 Å². The molecule has 2 aromatic heterocycles. The van der Waals surface area contributed by atoms with Gasteiger partial charge in [0.1, 0.15) is 15.5 Å². The molecule has 2 aromatic carbocycles. The zero-order chi connectivity index (χ0) is 20.3. The van der Waals surface area contributed by atoms with E-state index in [1.54, 1.807) is 13.2 Å². The number of fused-ring (bicyclic) bond motifs is 4. The van der Waals surface area contributed by atoms with Gasteiger partial charge >= 0.3 is 0 Å². The lowest BCUT2D eigenvalue weighted by atomic mass is 9.94. The second kappa shape index (κ2) is 6.15. The minimum absolute atomic E-state index is 0.109. The molecule has 0 unspecified atom stereocenters. The van der Waals surface area contributed by atoms with E-state index >= 15 is 0 Å². The van der Waals surface area contributed by atoms with E-state index < -0.39 is 5.91 Å². The van der Waals surface area contributed by atoms with E-state index in [0.717, 1.165) is 22.5 Å². The molecule has 2 heterocycles. The van der Waals surface area contributed by atoms with Crippen LogP contribution in [-0.4, -0.2) is 23.8 Å². The van der Waals surface area contributed by atoms with E-state index in [2.05, 4.69) is 0 Å². The molecule has 1 amide bonds. The van der Waals surface area contributed by atoms with Crippen molar-refractivity contribution >= 4 is 38.9 Å². The summed E-state index contributed by atoms with van der Waals surface area (Å²) in [7, 11) is 1.59. The van der Waals surface area contributed by atoms with Crippen molar-refractivity contribution in [2.45, 2.75) is 0 Å². The summed E-state index contributed by atoms with van der Waals surface area (Å²) in [6.45, 7) is 0. The Balaban J connectivity index is 1.93. The van der Waals surface area contributed by atoms with Gasteiger partial charge in [-0.3, -0.25) is 9.59 Å². The molecular weight excluding hydrogens is 386 g/mol. The van der Waals surface area contributed by atoms with Crippen LogP contribution in [0.1, 0.15) is 25.6 Å². The molecule has 7 heteroatoms. The van der Waals surface area contributed by atoms with Crippen LogP contribution < -0.4 is 16.2 Å². The number of carbonyl (C=O) groups is 2. The Morgan fingerprint density at radius 2 is 1.72 bits per heavy atom. The van der Waals surface area contributed by atoms with Gasteiger partial charge in [0.05, 0.1) is 24.1 Å². The molecule has 0 radical (unpaired) electrons. The number of aromatic nitrogens is 1. The molecule has 0 spiro atoms. The molecule has 4 N–H and O–H groups in total. The number of nitrogen functional groups attached to an aromatic ring is 1. The fourth-order valence-electron chi connectivity index (χ4n) is 3.82. The van der Waals surface area contributed by atoms with Crippen molar-refractivity contribution in [1.29, 1.82) is 0 Å². The first kappa shape index (κ1) is 17.4. The highest BCUT2D eigenvalue weighted by Gasteiger charge is 2.34. The number of ketones is 1. The monoisotopic (exact) mass is 401 g/mol. The van der Waals surface area contributed by atoms with Crippen LogP contribution in [0.4, 0.5) is 5.69 Å². The van der Waals surface area contributed by atoms with E-state index in [4.69, 9.17) is 21.2 Å². The lowest BCUT2D eigenvalue weighted by molar-refractivity contribution is 0.100. The summed E-state index contributed by atoms with van der Waals surface area (Å²) in [5.74, 6) is -0.0264. The van der Waals surface area contributed by atoms with Crippen molar-refractivity contribution in [3.8, 4) is 28.1 Å². The number of benzene rings is 2. The van der Waals surface area contributed by atoms with E-state index in [9.17, 15) is 9.59 Å². The SMILES string of the molecule is COc1ccc(-c2c3c(nc4sc(C(N)=O)c(N)c24)-c2ccccc2C3=O)cc1. The maximum absolute atomic E-state index is 13.3. The second-order valence-corrected chi connectivity index (χ2v) is 7.70. The van der Waals surface area contributed by atoms with Crippen LogP contribution in [0.15, 0.2) is 48.5 Å². The Morgan fingerprint density at radius 3 is 2.38 bits per heavy atom. The summed E-state index contributed by atoms with van der Waals surface area (Å²) in [6.07, 6.45) is 0. The summed E-state index contributed by atoms with van der Waals surface area (Å²) in [6, 6.07) is 14.7. The van der Waals surface area contributed by atoms with Crippen molar-refractivity contribution in [2.75, 3.05) is 12.8 Å². The highest BCUT2D eigenvalue weighted by Crippen LogP contribution is 2.48. The Bertz CT molecular complexity index is 1340. The minimum Gasteiger partial charge on any atom is -0.497 e. The van der Waals surface area contributed by atoms with Crippen molar-refractivity contribution < 1.29 is 14.3 Å². The van der Waals surface area contributed by atoms with Crippen LogP contribution in [0.25, 0.3) is 32.6 Å². The number of anilines is 1. The molecule has 0 saturated carbocycles. The van der Waals surface area contributed by atoms with Gasteiger partial charge in [-0.2, -0.15) is 0 Å². The topological polar surface area (TPSA) is 108 Å². The molecule has 6 nitrogen and oxygen atoms in total. The smallest absolute Gasteiger partial charge is 0.260 e. The number of nitrogens with two attached hydrogens (primary N) is 2. The largest absolute Gasteiger partial charge is 0.497 e. The van der Waals surface area contributed by atoms with Crippen LogP contribution in [0, 0.1) is 0 Å².